The topological polar surface area (TPSA) is 29.5 Å². The van der Waals surface area contributed by atoms with Crippen molar-refractivity contribution in [2.45, 2.75) is 65.1 Å². The van der Waals surface area contributed by atoms with Crippen LogP contribution in [0.15, 0.2) is 59.1 Å². The van der Waals surface area contributed by atoms with E-state index in [1.807, 2.05) is 59.5 Å². The van der Waals surface area contributed by atoms with Gasteiger partial charge in [0.2, 0.25) is 0 Å². The average molecular weight is 432 g/mol. The summed E-state index contributed by atoms with van der Waals surface area (Å²) in [5.74, 6) is 0. The van der Waals surface area contributed by atoms with Crippen molar-refractivity contribution >= 4 is 22.0 Å². The molecule has 0 N–H and O–H groups in total. The van der Waals surface area contributed by atoms with Crippen LogP contribution in [-0.2, 0) is 17.9 Å². The molecular weight excluding hydrogens is 402 g/mol. The first kappa shape index (κ1) is 21.5. The first-order valence-electron chi connectivity index (χ1n) is 9.82. The van der Waals surface area contributed by atoms with Gasteiger partial charge in [0.05, 0.1) is 0 Å². The van der Waals surface area contributed by atoms with Crippen molar-refractivity contribution in [3.63, 3.8) is 0 Å². The second kappa shape index (κ2) is 11.8. The summed E-state index contributed by atoms with van der Waals surface area (Å²) in [5.41, 5.74) is 2.11. The number of carbonyl (C=O) groups excluding carboxylic acids is 1. The van der Waals surface area contributed by atoms with Gasteiger partial charge in [-0.25, -0.2) is 4.79 Å². The molecule has 146 valence electrons. The highest BCUT2D eigenvalue weighted by molar-refractivity contribution is 9.10. The fraction of sp³-hybridized carbons (Fsp3) is 0.435. The number of ether oxygens (including phenoxy) is 1. The Hall–Kier alpha value is -1.81. The minimum absolute atomic E-state index is 0.147. The van der Waals surface area contributed by atoms with Crippen molar-refractivity contribution in [1.29, 1.82) is 0 Å². The third kappa shape index (κ3) is 7.76. The number of benzene rings is 2. The van der Waals surface area contributed by atoms with E-state index in [1.54, 1.807) is 0 Å². The van der Waals surface area contributed by atoms with E-state index in [9.17, 15) is 4.79 Å². The molecule has 3 nitrogen and oxygen atoms in total. The Morgan fingerprint density at radius 2 is 1.70 bits per heavy atom. The van der Waals surface area contributed by atoms with Crippen molar-refractivity contribution < 1.29 is 9.53 Å². The number of amides is 1. The molecule has 4 heteroatoms. The number of hydrogen-bond donors (Lipinski definition) is 0. The molecule has 0 saturated heterocycles. The van der Waals surface area contributed by atoms with Crippen molar-refractivity contribution in [1.82, 2.24) is 4.90 Å². The molecule has 0 aliphatic heterocycles. The molecule has 0 aliphatic rings. The summed E-state index contributed by atoms with van der Waals surface area (Å²) in [5, 5.41) is 0. The summed E-state index contributed by atoms with van der Waals surface area (Å²) in [7, 11) is 0. The summed E-state index contributed by atoms with van der Waals surface area (Å²) in [6.07, 6.45) is 5.57. The van der Waals surface area contributed by atoms with Crippen LogP contribution in [0.1, 0.15) is 57.1 Å². The molecule has 2 aromatic rings. The quantitative estimate of drug-likeness (QED) is 0.380. The largest absolute Gasteiger partial charge is 0.445 e. The molecule has 0 bridgehead atoms. The number of rotatable bonds is 10. The van der Waals surface area contributed by atoms with Crippen molar-refractivity contribution in [2.75, 3.05) is 0 Å². The molecular formula is C23H30BrNO2. The smallest absolute Gasteiger partial charge is 0.410 e. The van der Waals surface area contributed by atoms with E-state index in [-0.39, 0.29) is 12.1 Å². The highest BCUT2D eigenvalue weighted by atomic mass is 79.9. The Balaban J connectivity index is 2.00. The fourth-order valence-corrected chi connectivity index (χ4v) is 3.28. The van der Waals surface area contributed by atoms with E-state index in [0.717, 1.165) is 28.4 Å². The van der Waals surface area contributed by atoms with Crippen LogP contribution < -0.4 is 0 Å². The zero-order valence-electron chi connectivity index (χ0n) is 16.4. The van der Waals surface area contributed by atoms with Crippen LogP contribution in [0.4, 0.5) is 4.79 Å². The zero-order chi connectivity index (χ0) is 19.5. The highest BCUT2D eigenvalue weighted by Crippen LogP contribution is 2.18. The number of halogens is 1. The molecule has 27 heavy (non-hydrogen) atoms. The molecule has 1 unspecified atom stereocenters. The third-order valence-corrected chi connectivity index (χ3v) is 5.24. The SMILES string of the molecule is CCCCCCC(C)N(Cc1ccc(Br)cc1)C(=O)OCc1ccccc1. The predicted molar refractivity (Wildman–Crippen MR) is 115 cm³/mol. The number of nitrogens with zero attached hydrogens (tertiary/aromatic N) is 1. The van der Waals surface area contributed by atoms with Crippen molar-refractivity contribution in [3.05, 3.63) is 70.2 Å². The van der Waals surface area contributed by atoms with Crippen LogP contribution in [0, 0.1) is 0 Å². The monoisotopic (exact) mass is 431 g/mol. The first-order valence-corrected chi connectivity index (χ1v) is 10.6. The van der Waals surface area contributed by atoms with Crippen LogP contribution in [0.3, 0.4) is 0 Å². The molecule has 1 atom stereocenters. The molecule has 0 aliphatic carbocycles. The van der Waals surface area contributed by atoms with Gasteiger partial charge < -0.3 is 9.64 Å². The van der Waals surface area contributed by atoms with E-state index >= 15 is 0 Å². The third-order valence-electron chi connectivity index (χ3n) is 4.71. The Morgan fingerprint density at radius 1 is 1.00 bits per heavy atom. The van der Waals surface area contributed by atoms with E-state index in [2.05, 4.69) is 29.8 Å². The van der Waals surface area contributed by atoms with Crippen LogP contribution >= 0.6 is 15.9 Å². The molecule has 2 rings (SSSR count). The first-order chi connectivity index (χ1) is 13.1. The summed E-state index contributed by atoms with van der Waals surface area (Å²) in [6.45, 7) is 5.20. The maximum Gasteiger partial charge on any atom is 0.410 e. The van der Waals surface area contributed by atoms with Crippen LogP contribution in [0.25, 0.3) is 0 Å². The molecule has 0 spiro atoms. The standard InChI is InChI=1S/C23H30BrNO2/c1-3-4-5-7-10-19(2)25(17-20-13-15-22(24)16-14-20)23(26)27-18-21-11-8-6-9-12-21/h6,8-9,11-16,19H,3-5,7,10,17-18H2,1-2H3. The fourth-order valence-electron chi connectivity index (χ4n) is 3.01. The van der Waals surface area contributed by atoms with Gasteiger partial charge in [-0.3, -0.25) is 0 Å². The lowest BCUT2D eigenvalue weighted by atomic mass is 10.1. The lowest BCUT2D eigenvalue weighted by molar-refractivity contribution is 0.0778. The van der Waals surface area contributed by atoms with Crippen LogP contribution in [-0.4, -0.2) is 17.0 Å². The van der Waals surface area contributed by atoms with Gasteiger partial charge in [0.25, 0.3) is 0 Å². The lowest BCUT2D eigenvalue weighted by Gasteiger charge is -2.29. The molecule has 0 fully saturated rings. The Bertz CT molecular complexity index is 673. The van der Waals surface area contributed by atoms with Gasteiger partial charge in [-0.05, 0) is 36.6 Å². The van der Waals surface area contributed by atoms with Gasteiger partial charge in [0.1, 0.15) is 6.61 Å². The molecule has 0 heterocycles. The number of unbranched alkanes of at least 4 members (excludes halogenated alkanes) is 3. The second-order valence-corrected chi connectivity index (χ2v) is 7.91. The minimum Gasteiger partial charge on any atom is -0.445 e. The van der Waals surface area contributed by atoms with Gasteiger partial charge in [0, 0.05) is 17.1 Å². The zero-order valence-corrected chi connectivity index (χ0v) is 18.0. The van der Waals surface area contributed by atoms with Crippen LogP contribution in [0.2, 0.25) is 0 Å². The normalized spacial score (nSPS) is 11.8. The van der Waals surface area contributed by atoms with E-state index in [4.69, 9.17) is 4.74 Å². The van der Waals surface area contributed by atoms with Crippen LogP contribution in [0.5, 0.6) is 0 Å². The minimum atomic E-state index is -0.246. The Labute approximate surface area is 171 Å². The molecule has 2 aromatic carbocycles. The van der Waals surface area contributed by atoms with Gasteiger partial charge in [-0.1, -0.05) is 91.0 Å². The average Bonchev–Trinajstić information content (AvgIpc) is 2.69. The van der Waals surface area contributed by atoms with E-state index in [1.165, 1.54) is 19.3 Å². The summed E-state index contributed by atoms with van der Waals surface area (Å²) >= 11 is 3.46. The molecule has 1 amide bonds. The van der Waals surface area contributed by atoms with Gasteiger partial charge in [0.15, 0.2) is 0 Å². The predicted octanol–water partition coefficient (Wildman–Crippen LogP) is 6.95. The Morgan fingerprint density at radius 3 is 2.37 bits per heavy atom. The number of carbonyl (C=O) groups is 1. The van der Waals surface area contributed by atoms with Crippen molar-refractivity contribution in [3.8, 4) is 0 Å². The Kier molecular flexibility index (Phi) is 9.40. The van der Waals surface area contributed by atoms with Gasteiger partial charge >= 0.3 is 6.09 Å². The second-order valence-electron chi connectivity index (χ2n) is 6.99. The van der Waals surface area contributed by atoms with Gasteiger partial charge in [-0.15, -0.1) is 0 Å². The number of hydrogen-bond acceptors (Lipinski definition) is 2. The maximum absolute atomic E-state index is 12.8. The summed E-state index contributed by atoms with van der Waals surface area (Å²) in [4.78, 5) is 14.7. The highest BCUT2D eigenvalue weighted by Gasteiger charge is 2.21. The maximum atomic E-state index is 12.8. The van der Waals surface area contributed by atoms with Gasteiger partial charge in [-0.2, -0.15) is 0 Å². The summed E-state index contributed by atoms with van der Waals surface area (Å²) < 4.78 is 6.65. The molecule has 0 aromatic heterocycles. The van der Waals surface area contributed by atoms with E-state index in [0.29, 0.717) is 13.2 Å². The lowest BCUT2D eigenvalue weighted by Crippen LogP contribution is -2.38. The molecule has 0 saturated carbocycles. The van der Waals surface area contributed by atoms with Crippen molar-refractivity contribution in [2.24, 2.45) is 0 Å². The summed E-state index contributed by atoms with van der Waals surface area (Å²) in [6, 6.07) is 18.1. The van der Waals surface area contributed by atoms with E-state index < -0.39 is 0 Å². The molecule has 0 radical (unpaired) electrons.